The molecule has 2 amide bonds. The lowest BCUT2D eigenvalue weighted by molar-refractivity contribution is -0.125. The summed E-state index contributed by atoms with van der Waals surface area (Å²) >= 11 is 6.05. The summed E-state index contributed by atoms with van der Waals surface area (Å²) in [5.74, 6) is -0.467. The number of carbonyl (C=O) groups is 2. The van der Waals surface area contributed by atoms with Gasteiger partial charge in [-0.05, 0) is 44.0 Å². The molecule has 6 heteroatoms. The van der Waals surface area contributed by atoms with Crippen LogP contribution in [0.4, 0.5) is 5.69 Å². The van der Waals surface area contributed by atoms with Crippen LogP contribution >= 0.6 is 11.6 Å². The highest BCUT2D eigenvalue weighted by atomic mass is 35.5. The molecule has 0 bridgehead atoms. The predicted molar refractivity (Wildman–Crippen MR) is 110 cm³/mol. The summed E-state index contributed by atoms with van der Waals surface area (Å²) in [4.78, 5) is 26.4. The van der Waals surface area contributed by atoms with Crippen LogP contribution < -0.4 is 10.6 Å². The molecular formula is C21H26ClN3O2. The third-order valence-corrected chi connectivity index (χ3v) is 4.70. The number of benzene rings is 2. The van der Waals surface area contributed by atoms with Crippen LogP contribution in [-0.4, -0.2) is 35.8 Å². The molecule has 2 aromatic carbocycles. The van der Waals surface area contributed by atoms with Gasteiger partial charge in [0.1, 0.15) is 0 Å². The molecule has 0 saturated carbocycles. The van der Waals surface area contributed by atoms with Crippen LogP contribution in [0.25, 0.3) is 0 Å². The fraction of sp³-hybridized carbons (Fsp3) is 0.333. The zero-order chi connectivity index (χ0) is 19.8. The molecule has 0 aliphatic heterocycles. The van der Waals surface area contributed by atoms with Crippen molar-refractivity contribution in [1.29, 1.82) is 0 Å². The predicted octanol–water partition coefficient (Wildman–Crippen LogP) is 3.61. The Morgan fingerprint density at radius 1 is 1.04 bits per heavy atom. The molecule has 2 rings (SSSR count). The number of halogens is 1. The smallest absolute Gasteiger partial charge is 0.243 e. The van der Waals surface area contributed by atoms with E-state index in [0.717, 1.165) is 11.1 Å². The van der Waals surface area contributed by atoms with Crippen LogP contribution in [0.15, 0.2) is 48.5 Å². The van der Waals surface area contributed by atoms with Gasteiger partial charge in [-0.25, -0.2) is 0 Å². The highest BCUT2D eigenvalue weighted by molar-refractivity contribution is 6.31. The second-order valence-electron chi connectivity index (χ2n) is 6.72. The second kappa shape index (κ2) is 10.1. The van der Waals surface area contributed by atoms with E-state index in [-0.39, 0.29) is 30.9 Å². The molecule has 0 aromatic heterocycles. The number of hydrogen-bond acceptors (Lipinski definition) is 3. The molecule has 27 heavy (non-hydrogen) atoms. The first-order chi connectivity index (χ1) is 12.9. The van der Waals surface area contributed by atoms with Gasteiger partial charge in [-0.3, -0.25) is 14.5 Å². The standard InChI is InChI=1S/C21H26ClN3O2/c1-15(2)25(13-17-8-5-4-6-9-17)14-21(27)23-12-20(26)24-19-11-7-10-18(22)16(19)3/h4-11,15H,12-14H2,1-3H3,(H,23,27)(H,24,26). The summed E-state index contributed by atoms with van der Waals surface area (Å²) in [6.07, 6.45) is 0. The molecule has 0 aliphatic rings. The maximum Gasteiger partial charge on any atom is 0.243 e. The molecule has 144 valence electrons. The first-order valence-corrected chi connectivity index (χ1v) is 9.34. The molecule has 0 fully saturated rings. The Morgan fingerprint density at radius 2 is 1.74 bits per heavy atom. The minimum absolute atomic E-state index is 0.0813. The zero-order valence-electron chi connectivity index (χ0n) is 16.0. The van der Waals surface area contributed by atoms with Gasteiger partial charge in [-0.15, -0.1) is 0 Å². The number of rotatable bonds is 8. The number of amides is 2. The van der Waals surface area contributed by atoms with Crippen LogP contribution in [0.5, 0.6) is 0 Å². The number of carbonyl (C=O) groups excluding carboxylic acids is 2. The fourth-order valence-electron chi connectivity index (χ4n) is 2.60. The van der Waals surface area contributed by atoms with Crippen molar-refractivity contribution < 1.29 is 9.59 Å². The third kappa shape index (κ3) is 6.70. The van der Waals surface area contributed by atoms with Gasteiger partial charge in [0.15, 0.2) is 0 Å². The quantitative estimate of drug-likeness (QED) is 0.727. The van der Waals surface area contributed by atoms with E-state index in [1.54, 1.807) is 18.2 Å². The Morgan fingerprint density at radius 3 is 2.41 bits per heavy atom. The first-order valence-electron chi connectivity index (χ1n) is 8.96. The largest absolute Gasteiger partial charge is 0.346 e. The van der Waals surface area contributed by atoms with E-state index in [0.29, 0.717) is 17.3 Å². The topological polar surface area (TPSA) is 61.4 Å². The average molecular weight is 388 g/mol. The molecule has 0 saturated heterocycles. The SMILES string of the molecule is Cc1c(Cl)cccc1NC(=O)CNC(=O)CN(Cc1ccccc1)C(C)C. The summed E-state index contributed by atoms with van der Waals surface area (Å²) in [6.45, 7) is 6.76. The van der Waals surface area contributed by atoms with Gasteiger partial charge in [0.05, 0.1) is 13.1 Å². The van der Waals surface area contributed by atoms with E-state index in [1.165, 1.54) is 0 Å². The van der Waals surface area contributed by atoms with Gasteiger partial charge in [-0.2, -0.15) is 0 Å². The number of nitrogens with one attached hydrogen (secondary N) is 2. The van der Waals surface area contributed by atoms with Crippen molar-refractivity contribution in [2.24, 2.45) is 0 Å². The van der Waals surface area contributed by atoms with Gasteiger partial charge in [0, 0.05) is 23.3 Å². The average Bonchev–Trinajstić information content (AvgIpc) is 2.64. The summed E-state index contributed by atoms with van der Waals surface area (Å²) in [5.41, 5.74) is 2.59. The molecule has 0 spiro atoms. The van der Waals surface area contributed by atoms with E-state index in [1.807, 2.05) is 51.1 Å². The normalized spacial score (nSPS) is 10.9. The number of nitrogens with zero attached hydrogens (tertiary/aromatic N) is 1. The van der Waals surface area contributed by atoms with Crippen molar-refractivity contribution in [2.75, 3.05) is 18.4 Å². The van der Waals surface area contributed by atoms with Gasteiger partial charge >= 0.3 is 0 Å². The second-order valence-corrected chi connectivity index (χ2v) is 7.13. The van der Waals surface area contributed by atoms with Crippen LogP contribution in [-0.2, 0) is 16.1 Å². The summed E-state index contributed by atoms with van der Waals surface area (Å²) < 4.78 is 0. The number of hydrogen-bond donors (Lipinski definition) is 2. The van der Waals surface area contributed by atoms with E-state index < -0.39 is 0 Å². The van der Waals surface area contributed by atoms with Crippen molar-refractivity contribution in [3.05, 3.63) is 64.7 Å². The molecule has 0 unspecified atom stereocenters. The third-order valence-electron chi connectivity index (χ3n) is 4.29. The van der Waals surface area contributed by atoms with Gasteiger partial charge < -0.3 is 10.6 Å². The molecule has 5 nitrogen and oxygen atoms in total. The van der Waals surface area contributed by atoms with Crippen LogP contribution in [0.2, 0.25) is 5.02 Å². The minimum Gasteiger partial charge on any atom is -0.346 e. The van der Waals surface area contributed by atoms with Crippen molar-refractivity contribution in [2.45, 2.75) is 33.4 Å². The van der Waals surface area contributed by atoms with Crippen molar-refractivity contribution in [3.63, 3.8) is 0 Å². The molecule has 0 aliphatic carbocycles. The Labute approximate surface area is 165 Å². The van der Waals surface area contributed by atoms with E-state index in [9.17, 15) is 9.59 Å². The molecule has 0 atom stereocenters. The number of anilines is 1. The molecule has 2 aromatic rings. The van der Waals surface area contributed by atoms with Crippen LogP contribution in [0.1, 0.15) is 25.0 Å². The monoisotopic (exact) mass is 387 g/mol. The minimum atomic E-state index is -0.284. The van der Waals surface area contributed by atoms with Crippen LogP contribution in [0, 0.1) is 6.92 Å². The highest BCUT2D eigenvalue weighted by Crippen LogP contribution is 2.22. The van der Waals surface area contributed by atoms with Crippen molar-refractivity contribution >= 4 is 29.1 Å². The maximum absolute atomic E-state index is 12.3. The van der Waals surface area contributed by atoms with Gasteiger partial charge in [0.25, 0.3) is 0 Å². The van der Waals surface area contributed by atoms with Crippen molar-refractivity contribution in [3.8, 4) is 0 Å². The van der Waals surface area contributed by atoms with E-state index in [2.05, 4.69) is 15.5 Å². The lowest BCUT2D eigenvalue weighted by Crippen LogP contribution is -2.42. The Bertz CT molecular complexity index is 778. The molecule has 2 N–H and O–H groups in total. The molecule has 0 heterocycles. The Balaban J connectivity index is 1.84. The summed E-state index contributed by atoms with van der Waals surface area (Å²) in [7, 11) is 0. The Hall–Kier alpha value is -2.37. The fourth-order valence-corrected chi connectivity index (χ4v) is 2.77. The zero-order valence-corrected chi connectivity index (χ0v) is 16.7. The summed E-state index contributed by atoms with van der Waals surface area (Å²) in [5, 5.41) is 6.04. The first kappa shape index (κ1) is 20.9. The maximum atomic E-state index is 12.3. The van der Waals surface area contributed by atoms with E-state index >= 15 is 0 Å². The van der Waals surface area contributed by atoms with Crippen molar-refractivity contribution in [1.82, 2.24) is 10.2 Å². The molecule has 0 radical (unpaired) electrons. The molecular weight excluding hydrogens is 362 g/mol. The lowest BCUT2D eigenvalue weighted by Gasteiger charge is -2.25. The van der Waals surface area contributed by atoms with Crippen LogP contribution in [0.3, 0.4) is 0 Å². The van der Waals surface area contributed by atoms with E-state index in [4.69, 9.17) is 11.6 Å². The van der Waals surface area contributed by atoms with Gasteiger partial charge in [0.2, 0.25) is 11.8 Å². The van der Waals surface area contributed by atoms with Gasteiger partial charge in [-0.1, -0.05) is 48.0 Å². The lowest BCUT2D eigenvalue weighted by atomic mass is 10.2. The highest BCUT2D eigenvalue weighted by Gasteiger charge is 2.15. The summed E-state index contributed by atoms with van der Waals surface area (Å²) in [6, 6.07) is 15.5. The Kier molecular flexibility index (Phi) is 7.82.